The summed E-state index contributed by atoms with van der Waals surface area (Å²) in [7, 11) is 1.67. The molecule has 0 radical (unpaired) electrons. The molecule has 0 aromatic carbocycles. The summed E-state index contributed by atoms with van der Waals surface area (Å²) in [6.45, 7) is 2.21. The third kappa shape index (κ3) is 2.36. The molecule has 1 unspecified atom stereocenters. The second kappa shape index (κ2) is 4.47. The third-order valence-electron chi connectivity index (χ3n) is 1.88. The van der Waals surface area contributed by atoms with Gasteiger partial charge in [-0.15, -0.1) is 0 Å². The van der Waals surface area contributed by atoms with E-state index in [1.807, 2.05) is 0 Å². The lowest BCUT2D eigenvalue weighted by atomic mass is 10.2. The number of hydrogen-bond acceptors (Lipinski definition) is 3. The van der Waals surface area contributed by atoms with Gasteiger partial charge >= 0.3 is 0 Å². The van der Waals surface area contributed by atoms with E-state index in [1.54, 1.807) is 20.0 Å². The van der Waals surface area contributed by atoms with Crippen LogP contribution in [0.2, 0.25) is 0 Å². The first-order valence-electron chi connectivity index (χ1n) is 4.32. The topological polar surface area (TPSA) is 57.2 Å². The fraction of sp³-hybridized carbons (Fsp3) is 0.400. The predicted molar refractivity (Wildman–Crippen MR) is 50.4 cm³/mol. The average Bonchev–Trinajstić information content (AvgIpc) is 2.69. The van der Waals surface area contributed by atoms with Crippen molar-refractivity contribution in [1.29, 1.82) is 5.26 Å². The van der Waals surface area contributed by atoms with Gasteiger partial charge in [0.05, 0.1) is 23.8 Å². The van der Waals surface area contributed by atoms with Crippen molar-refractivity contribution in [2.45, 2.75) is 6.92 Å². The van der Waals surface area contributed by atoms with Gasteiger partial charge in [-0.05, 0) is 13.0 Å². The summed E-state index contributed by atoms with van der Waals surface area (Å²) >= 11 is 0. The van der Waals surface area contributed by atoms with Crippen LogP contribution in [0.25, 0.3) is 0 Å². The number of furan rings is 1. The normalized spacial score (nSPS) is 11.8. The van der Waals surface area contributed by atoms with Crippen LogP contribution in [0.5, 0.6) is 0 Å². The molecule has 74 valence electrons. The molecule has 4 nitrogen and oxygen atoms in total. The van der Waals surface area contributed by atoms with E-state index in [0.717, 1.165) is 0 Å². The Balaban J connectivity index is 2.59. The van der Waals surface area contributed by atoms with E-state index in [0.29, 0.717) is 12.1 Å². The third-order valence-corrected chi connectivity index (χ3v) is 1.88. The van der Waals surface area contributed by atoms with Gasteiger partial charge in [-0.1, -0.05) is 0 Å². The highest BCUT2D eigenvalue weighted by molar-refractivity contribution is 5.93. The van der Waals surface area contributed by atoms with Crippen LogP contribution in [0.4, 0.5) is 0 Å². The minimum Gasteiger partial charge on any atom is -0.472 e. The Labute approximate surface area is 82.7 Å². The standard InChI is InChI=1S/C10H12N2O2/c1-8(5-11)6-12(2)10(13)9-3-4-14-7-9/h3-4,7-8H,6H2,1-2H3. The molecule has 0 spiro atoms. The number of amides is 1. The molecule has 1 aromatic heterocycles. The maximum atomic E-state index is 11.6. The van der Waals surface area contributed by atoms with Gasteiger partial charge < -0.3 is 9.32 Å². The lowest BCUT2D eigenvalue weighted by molar-refractivity contribution is 0.0784. The van der Waals surface area contributed by atoms with Gasteiger partial charge in [0.1, 0.15) is 6.26 Å². The molecular weight excluding hydrogens is 180 g/mol. The lowest BCUT2D eigenvalue weighted by Crippen LogP contribution is -2.30. The van der Waals surface area contributed by atoms with Crippen molar-refractivity contribution >= 4 is 5.91 Å². The molecule has 1 atom stereocenters. The Morgan fingerprint density at radius 3 is 3.00 bits per heavy atom. The highest BCUT2D eigenvalue weighted by Gasteiger charge is 2.14. The summed E-state index contributed by atoms with van der Waals surface area (Å²) in [5.41, 5.74) is 0.512. The summed E-state index contributed by atoms with van der Waals surface area (Å²) in [6.07, 6.45) is 2.85. The maximum Gasteiger partial charge on any atom is 0.256 e. The zero-order chi connectivity index (χ0) is 10.6. The van der Waals surface area contributed by atoms with Crippen LogP contribution >= 0.6 is 0 Å². The quantitative estimate of drug-likeness (QED) is 0.729. The molecule has 1 amide bonds. The predicted octanol–water partition coefficient (Wildman–Crippen LogP) is 1.51. The van der Waals surface area contributed by atoms with Crippen molar-refractivity contribution in [1.82, 2.24) is 4.90 Å². The van der Waals surface area contributed by atoms with E-state index in [-0.39, 0.29) is 11.8 Å². The van der Waals surface area contributed by atoms with Gasteiger partial charge in [-0.25, -0.2) is 0 Å². The summed E-state index contributed by atoms with van der Waals surface area (Å²) in [6, 6.07) is 3.69. The van der Waals surface area contributed by atoms with Crippen molar-refractivity contribution in [2.24, 2.45) is 5.92 Å². The Morgan fingerprint density at radius 2 is 2.50 bits per heavy atom. The number of nitriles is 1. The second-order valence-electron chi connectivity index (χ2n) is 3.23. The highest BCUT2D eigenvalue weighted by Crippen LogP contribution is 2.05. The van der Waals surface area contributed by atoms with E-state index < -0.39 is 0 Å². The first-order chi connectivity index (χ1) is 6.65. The van der Waals surface area contributed by atoms with Crippen LogP contribution in [0.3, 0.4) is 0 Å². The summed E-state index contributed by atoms with van der Waals surface area (Å²) in [5, 5.41) is 8.59. The van der Waals surface area contributed by atoms with Crippen LogP contribution in [0.1, 0.15) is 17.3 Å². The van der Waals surface area contributed by atoms with E-state index in [9.17, 15) is 4.79 Å². The molecule has 0 aliphatic carbocycles. The molecule has 1 heterocycles. The molecule has 0 bridgehead atoms. The molecular formula is C10H12N2O2. The Morgan fingerprint density at radius 1 is 1.79 bits per heavy atom. The number of carbonyl (C=O) groups is 1. The molecule has 14 heavy (non-hydrogen) atoms. The van der Waals surface area contributed by atoms with Crippen molar-refractivity contribution in [2.75, 3.05) is 13.6 Å². The van der Waals surface area contributed by atoms with E-state index in [2.05, 4.69) is 6.07 Å². The van der Waals surface area contributed by atoms with Crippen LogP contribution in [0.15, 0.2) is 23.0 Å². The molecule has 1 rings (SSSR count). The van der Waals surface area contributed by atoms with Crippen molar-refractivity contribution in [3.05, 3.63) is 24.2 Å². The van der Waals surface area contributed by atoms with Gasteiger partial charge in [-0.3, -0.25) is 4.79 Å². The van der Waals surface area contributed by atoms with E-state index >= 15 is 0 Å². The molecule has 0 N–H and O–H groups in total. The molecule has 0 saturated heterocycles. The van der Waals surface area contributed by atoms with Gasteiger partial charge in [-0.2, -0.15) is 5.26 Å². The fourth-order valence-electron chi connectivity index (χ4n) is 1.14. The van der Waals surface area contributed by atoms with Gasteiger partial charge in [0, 0.05) is 13.6 Å². The van der Waals surface area contributed by atoms with Crippen LogP contribution < -0.4 is 0 Å². The lowest BCUT2D eigenvalue weighted by Gasteiger charge is -2.16. The summed E-state index contributed by atoms with van der Waals surface area (Å²) < 4.78 is 4.80. The van der Waals surface area contributed by atoms with E-state index in [1.165, 1.54) is 17.4 Å². The largest absolute Gasteiger partial charge is 0.472 e. The van der Waals surface area contributed by atoms with Crippen LogP contribution in [-0.2, 0) is 0 Å². The maximum absolute atomic E-state index is 11.6. The van der Waals surface area contributed by atoms with Crippen molar-refractivity contribution < 1.29 is 9.21 Å². The number of nitrogens with zero attached hydrogens (tertiary/aromatic N) is 2. The number of carbonyl (C=O) groups excluding carboxylic acids is 1. The van der Waals surface area contributed by atoms with Crippen LogP contribution in [-0.4, -0.2) is 24.4 Å². The Bertz CT molecular complexity index is 338. The highest BCUT2D eigenvalue weighted by atomic mass is 16.3. The molecule has 1 aromatic rings. The molecule has 0 aliphatic rings. The monoisotopic (exact) mass is 192 g/mol. The van der Waals surface area contributed by atoms with Gasteiger partial charge in [0.15, 0.2) is 0 Å². The van der Waals surface area contributed by atoms with Crippen molar-refractivity contribution in [3.63, 3.8) is 0 Å². The first kappa shape index (κ1) is 10.3. The van der Waals surface area contributed by atoms with E-state index in [4.69, 9.17) is 9.68 Å². The zero-order valence-electron chi connectivity index (χ0n) is 8.23. The van der Waals surface area contributed by atoms with Gasteiger partial charge in [0.25, 0.3) is 5.91 Å². The fourth-order valence-corrected chi connectivity index (χ4v) is 1.14. The number of hydrogen-bond donors (Lipinski definition) is 0. The smallest absolute Gasteiger partial charge is 0.256 e. The first-order valence-corrected chi connectivity index (χ1v) is 4.32. The molecule has 0 saturated carbocycles. The molecule has 0 fully saturated rings. The SMILES string of the molecule is CC(C#N)CN(C)C(=O)c1ccoc1. The second-order valence-corrected chi connectivity index (χ2v) is 3.23. The Hall–Kier alpha value is -1.76. The summed E-state index contributed by atoms with van der Waals surface area (Å²) in [5.74, 6) is -0.281. The molecule has 0 aliphatic heterocycles. The summed E-state index contributed by atoms with van der Waals surface area (Å²) in [4.78, 5) is 13.1. The number of rotatable bonds is 3. The average molecular weight is 192 g/mol. The minimum atomic E-state index is -0.157. The van der Waals surface area contributed by atoms with Crippen molar-refractivity contribution in [3.8, 4) is 6.07 Å². The molecule has 4 heteroatoms. The van der Waals surface area contributed by atoms with Crippen LogP contribution in [0, 0.1) is 17.2 Å². The zero-order valence-corrected chi connectivity index (χ0v) is 8.23. The van der Waals surface area contributed by atoms with Gasteiger partial charge in [0.2, 0.25) is 0 Å². The minimum absolute atomic E-state index is 0.124. The Kier molecular flexibility index (Phi) is 3.29.